The normalized spacial score (nSPS) is 9.15. The largest absolute Gasteiger partial charge is 0.330 e. The predicted octanol–water partition coefficient (Wildman–Crippen LogP) is 2.46. The van der Waals surface area contributed by atoms with Crippen molar-refractivity contribution in [3.05, 3.63) is 33.8 Å². The van der Waals surface area contributed by atoms with Gasteiger partial charge in [-0.25, -0.2) is 0 Å². The fourth-order valence-electron chi connectivity index (χ4n) is 0.959. The van der Waals surface area contributed by atoms with Crippen molar-refractivity contribution in [1.82, 2.24) is 0 Å². The van der Waals surface area contributed by atoms with Crippen LogP contribution in [-0.2, 0) is 0 Å². The summed E-state index contributed by atoms with van der Waals surface area (Å²) in [7, 11) is 0. The Labute approximate surface area is 87.5 Å². The molecule has 0 atom stereocenters. The summed E-state index contributed by atoms with van der Waals surface area (Å²) in [6.07, 6.45) is 0.759. The Morgan fingerprint density at radius 2 is 2.23 bits per heavy atom. The zero-order chi connectivity index (χ0) is 9.68. The molecule has 0 fully saturated rings. The average molecular weight is 238 g/mol. The van der Waals surface area contributed by atoms with Crippen molar-refractivity contribution in [3.8, 4) is 11.8 Å². The van der Waals surface area contributed by atoms with Crippen molar-refractivity contribution in [1.29, 1.82) is 0 Å². The van der Waals surface area contributed by atoms with E-state index in [0.29, 0.717) is 6.54 Å². The van der Waals surface area contributed by atoms with Crippen LogP contribution in [0.1, 0.15) is 17.5 Å². The highest BCUT2D eigenvalue weighted by Gasteiger charge is 1.93. The maximum absolute atomic E-state index is 5.34. The molecule has 1 aromatic carbocycles. The van der Waals surface area contributed by atoms with Crippen LogP contribution in [0.3, 0.4) is 0 Å². The van der Waals surface area contributed by atoms with Gasteiger partial charge in [0.15, 0.2) is 0 Å². The first kappa shape index (κ1) is 10.3. The van der Waals surface area contributed by atoms with Gasteiger partial charge >= 0.3 is 0 Å². The topological polar surface area (TPSA) is 26.0 Å². The predicted molar refractivity (Wildman–Crippen MR) is 59.4 cm³/mol. The van der Waals surface area contributed by atoms with Crippen LogP contribution >= 0.6 is 15.9 Å². The van der Waals surface area contributed by atoms with Crippen LogP contribution in [0.2, 0.25) is 0 Å². The van der Waals surface area contributed by atoms with Crippen LogP contribution in [0.25, 0.3) is 0 Å². The number of hydrogen-bond acceptors (Lipinski definition) is 1. The average Bonchev–Trinajstić information content (AvgIpc) is 2.12. The lowest BCUT2D eigenvalue weighted by Gasteiger charge is -1.97. The minimum absolute atomic E-state index is 0.627. The smallest absolute Gasteiger partial charge is 0.0248 e. The monoisotopic (exact) mass is 237 g/mol. The second-order valence-corrected chi connectivity index (χ2v) is 3.66. The van der Waals surface area contributed by atoms with Gasteiger partial charge in [0.05, 0.1) is 0 Å². The van der Waals surface area contributed by atoms with Gasteiger partial charge in [0.25, 0.3) is 0 Å². The third kappa shape index (κ3) is 3.22. The summed E-state index contributed by atoms with van der Waals surface area (Å²) in [5, 5.41) is 0. The molecule has 0 unspecified atom stereocenters. The zero-order valence-electron chi connectivity index (χ0n) is 7.60. The number of hydrogen-bond donors (Lipinski definition) is 1. The minimum Gasteiger partial charge on any atom is -0.330 e. The van der Waals surface area contributed by atoms with E-state index in [1.807, 2.05) is 12.1 Å². The Hall–Kier alpha value is -0.780. The van der Waals surface area contributed by atoms with E-state index in [9.17, 15) is 0 Å². The molecule has 0 aromatic heterocycles. The molecule has 0 bridgehead atoms. The van der Waals surface area contributed by atoms with E-state index < -0.39 is 0 Å². The van der Waals surface area contributed by atoms with Crippen molar-refractivity contribution in [2.24, 2.45) is 5.73 Å². The summed E-state index contributed by atoms with van der Waals surface area (Å²) >= 11 is 3.44. The Kier molecular flexibility index (Phi) is 4.01. The maximum Gasteiger partial charge on any atom is 0.0248 e. The summed E-state index contributed by atoms with van der Waals surface area (Å²) in [6, 6.07) is 6.08. The lowest BCUT2D eigenvalue weighted by Crippen LogP contribution is -1.95. The van der Waals surface area contributed by atoms with Crippen molar-refractivity contribution in [2.75, 3.05) is 6.54 Å². The number of halogens is 1. The van der Waals surface area contributed by atoms with E-state index in [1.165, 1.54) is 5.56 Å². The molecule has 13 heavy (non-hydrogen) atoms. The lowest BCUT2D eigenvalue weighted by molar-refractivity contribution is 1.03. The molecule has 0 aliphatic heterocycles. The molecule has 2 N–H and O–H groups in total. The van der Waals surface area contributed by atoms with Gasteiger partial charge in [0.2, 0.25) is 0 Å². The van der Waals surface area contributed by atoms with E-state index in [2.05, 4.69) is 40.8 Å². The molecule has 2 heteroatoms. The molecule has 0 saturated heterocycles. The molecule has 0 amide bonds. The van der Waals surface area contributed by atoms with Crippen LogP contribution < -0.4 is 5.73 Å². The van der Waals surface area contributed by atoms with E-state index in [4.69, 9.17) is 5.73 Å². The number of aryl methyl sites for hydroxylation is 1. The summed E-state index contributed by atoms with van der Waals surface area (Å²) in [6.45, 7) is 2.68. The van der Waals surface area contributed by atoms with Crippen molar-refractivity contribution >= 4 is 15.9 Å². The highest BCUT2D eigenvalue weighted by atomic mass is 79.9. The van der Waals surface area contributed by atoms with Crippen molar-refractivity contribution in [2.45, 2.75) is 13.3 Å². The molecule has 1 aromatic rings. The first-order valence-electron chi connectivity index (χ1n) is 4.19. The quantitative estimate of drug-likeness (QED) is 0.747. The van der Waals surface area contributed by atoms with Gasteiger partial charge < -0.3 is 5.73 Å². The van der Waals surface area contributed by atoms with Gasteiger partial charge in [-0.15, -0.1) is 0 Å². The van der Waals surface area contributed by atoms with Gasteiger partial charge in [-0.1, -0.05) is 27.8 Å². The highest BCUT2D eigenvalue weighted by molar-refractivity contribution is 9.10. The summed E-state index contributed by atoms with van der Waals surface area (Å²) in [5.74, 6) is 6.07. The van der Waals surface area contributed by atoms with Gasteiger partial charge in [-0.3, -0.25) is 0 Å². The fraction of sp³-hybridized carbons (Fsp3) is 0.273. The van der Waals surface area contributed by atoms with Gasteiger partial charge in [0.1, 0.15) is 0 Å². The molecule has 0 saturated carbocycles. The van der Waals surface area contributed by atoms with Gasteiger partial charge in [0, 0.05) is 23.0 Å². The summed E-state index contributed by atoms with van der Waals surface area (Å²) < 4.78 is 1.12. The lowest BCUT2D eigenvalue weighted by atomic mass is 10.1. The third-order valence-electron chi connectivity index (χ3n) is 1.66. The molecular weight excluding hydrogens is 226 g/mol. The molecular formula is C11H12BrN. The third-order valence-corrected chi connectivity index (χ3v) is 2.55. The molecule has 0 aliphatic rings. The van der Waals surface area contributed by atoms with Gasteiger partial charge in [-0.05, 0) is 30.7 Å². The molecule has 1 rings (SSSR count). The van der Waals surface area contributed by atoms with E-state index in [0.717, 1.165) is 16.5 Å². The van der Waals surface area contributed by atoms with Crippen LogP contribution in [-0.4, -0.2) is 6.54 Å². The summed E-state index contributed by atoms with van der Waals surface area (Å²) in [5.41, 5.74) is 7.59. The Morgan fingerprint density at radius 3 is 2.85 bits per heavy atom. The van der Waals surface area contributed by atoms with Crippen LogP contribution in [0.15, 0.2) is 22.7 Å². The first-order chi connectivity index (χ1) is 6.24. The number of benzene rings is 1. The van der Waals surface area contributed by atoms with Crippen LogP contribution in [0, 0.1) is 18.8 Å². The Morgan fingerprint density at radius 1 is 1.46 bits per heavy atom. The number of rotatable bonds is 1. The molecule has 0 heterocycles. The van der Waals surface area contributed by atoms with E-state index in [-0.39, 0.29) is 0 Å². The molecule has 68 valence electrons. The van der Waals surface area contributed by atoms with Crippen LogP contribution in [0.4, 0.5) is 0 Å². The van der Waals surface area contributed by atoms with Gasteiger partial charge in [-0.2, -0.15) is 0 Å². The minimum atomic E-state index is 0.627. The molecule has 0 spiro atoms. The number of nitrogens with two attached hydrogens (primary N) is 1. The molecule has 1 nitrogen and oxygen atoms in total. The second-order valence-electron chi connectivity index (χ2n) is 2.80. The SMILES string of the molecule is Cc1cc(C#CCCN)ccc1Br. The fourth-order valence-corrected chi connectivity index (χ4v) is 1.21. The molecule has 0 radical (unpaired) electrons. The Bertz CT molecular complexity index is 347. The Balaban J connectivity index is 2.81. The maximum atomic E-state index is 5.34. The second kappa shape index (κ2) is 5.06. The standard InChI is InChI=1S/C11H12BrN/c1-9-8-10(4-2-3-7-13)5-6-11(9)12/h5-6,8H,3,7,13H2,1H3. The van der Waals surface area contributed by atoms with Crippen molar-refractivity contribution in [3.63, 3.8) is 0 Å². The van der Waals surface area contributed by atoms with Crippen LogP contribution in [0.5, 0.6) is 0 Å². The van der Waals surface area contributed by atoms with E-state index >= 15 is 0 Å². The highest BCUT2D eigenvalue weighted by Crippen LogP contribution is 2.16. The zero-order valence-corrected chi connectivity index (χ0v) is 9.19. The van der Waals surface area contributed by atoms with E-state index in [1.54, 1.807) is 0 Å². The molecule has 0 aliphatic carbocycles. The summed E-state index contributed by atoms with van der Waals surface area (Å²) in [4.78, 5) is 0. The first-order valence-corrected chi connectivity index (χ1v) is 4.98. The van der Waals surface area contributed by atoms with Crippen molar-refractivity contribution < 1.29 is 0 Å².